The number of methoxy groups -OCH3 is 1. The van der Waals surface area contributed by atoms with Crippen molar-refractivity contribution >= 4 is 0 Å². The van der Waals surface area contributed by atoms with Gasteiger partial charge in [0, 0.05) is 7.11 Å². The van der Waals surface area contributed by atoms with Gasteiger partial charge in [0.05, 0.1) is 12.2 Å². The van der Waals surface area contributed by atoms with Crippen molar-refractivity contribution < 1.29 is 9.84 Å². The molecule has 0 bridgehead atoms. The first-order chi connectivity index (χ1) is 5.65. The van der Waals surface area contributed by atoms with Crippen molar-refractivity contribution in [3.63, 3.8) is 0 Å². The van der Waals surface area contributed by atoms with Crippen LogP contribution >= 0.6 is 0 Å². The van der Waals surface area contributed by atoms with Gasteiger partial charge in [0.25, 0.3) is 0 Å². The Morgan fingerprint density at radius 3 is 2.50 bits per heavy atom. The van der Waals surface area contributed by atoms with Crippen LogP contribution in [-0.4, -0.2) is 24.4 Å². The monoisotopic (exact) mass is 172 g/mol. The summed E-state index contributed by atoms with van der Waals surface area (Å²) in [5, 5.41) is 9.41. The van der Waals surface area contributed by atoms with E-state index in [2.05, 4.69) is 6.92 Å². The van der Waals surface area contributed by atoms with Gasteiger partial charge < -0.3 is 9.84 Å². The summed E-state index contributed by atoms with van der Waals surface area (Å²) in [5.74, 6) is 1.09. The van der Waals surface area contributed by atoms with Crippen LogP contribution in [0, 0.1) is 11.8 Å². The van der Waals surface area contributed by atoms with E-state index in [1.54, 1.807) is 7.11 Å². The van der Waals surface area contributed by atoms with Crippen LogP contribution < -0.4 is 0 Å². The van der Waals surface area contributed by atoms with Crippen molar-refractivity contribution in [1.82, 2.24) is 0 Å². The number of aliphatic hydroxyl groups excluding tert-OH is 1. The largest absolute Gasteiger partial charge is 0.393 e. The topological polar surface area (TPSA) is 29.5 Å². The van der Waals surface area contributed by atoms with Crippen molar-refractivity contribution in [3.05, 3.63) is 0 Å². The Balaban J connectivity index is 2.40. The summed E-state index contributed by atoms with van der Waals surface area (Å²) < 4.78 is 5.35. The molecule has 2 heteroatoms. The number of hydrogen-bond donors (Lipinski definition) is 1. The van der Waals surface area contributed by atoms with Crippen molar-refractivity contribution in [2.75, 3.05) is 7.11 Å². The van der Waals surface area contributed by atoms with Crippen LogP contribution in [0.25, 0.3) is 0 Å². The predicted octanol–water partition coefficient (Wildman–Crippen LogP) is 1.82. The molecule has 0 radical (unpaired) electrons. The second kappa shape index (κ2) is 4.24. The summed E-state index contributed by atoms with van der Waals surface area (Å²) in [6.07, 6.45) is 3.59. The van der Waals surface area contributed by atoms with E-state index < -0.39 is 0 Å². The molecule has 2 nitrogen and oxygen atoms in total. The quantitative estimate of drug-likeness (QED) is 0.688. The number of aliphatic hydroxyl groups is 1. The molecular formula is C10H20O2. The SMILES string of the molecule is CO[C@@H]1CCC(C(C)O)CC1C. The van der Waals surface area contributed by atoms with Gasteiger partial charge in [-0.2, -0.15) is 0 Å². The highest BCUT2D eigenvalue weighted by Crippen LogP contribution is 2.32. The fourth-order valence-corrected chi connectivity index (χ4v) is 2.20. The fourth-order valence-electron chi connectivity index (χ4n) is 2.20. The molecular weight excluding hydrogens is 152 g/mol. The maximum absolute atomic E-state index is 9.41. The minimum atomic E-state index is -0.148. The first kappa shape index (κ1) is 10.0. The lowest BCUT2D eigenvalue weighted by atomic mass is 9.78. The summed E-state index contributed by atoms with van der Waals surface area (Å²) >= 11 is 0. The van der Waals surface area contributed by atoms with Crippen LogP contribution in [-0.2, 0) is 4.74 Å². The molecule has 0 spiro atoms. The van der Waals surface area contributed by atoms with Gasteiger partial charge in [-0.25, -0.2) is 0 Å². The molecule has 1 N–H and O–H groups in total. The van der Waals surface area contributed by atoms with Gasteiger partial charge in [-0.15, -0.1) is 0 Å². The maximum Gasteiger partial charge on any atom is 0.0597 e. The van der Waals surface area contributed by atoms with Crippen LogP contribution in [0.4, 0.5) is 0 Å². The third-order valence-corrected chi connectivity index (χ3v) is 3.12. The van der Waals surface area contributed by atoms with Crippen LogP contribution in [0.3, 0.4) is 0 Å². The van der Waals surface area contributed by atoms with E-state index in [0.717, 1.165) is 19.3 Å². The zero-order chi connectivity index (χ0) is 9.14. The molecule has 1 fully saturated rings. The molecule has 72 valence electrons. The highest BCUT2D eigenvalue weighted by Gasteiger charge is 2.29. The molecule has 12 heavy (non-hydrogen) atoms. The lowest BCUT2D eigenvalue weighted by molar-refractivity contribution is -0.0104. The lowest BCUT2D eigenvalue weighted by Crippen LogP contribution is -2.32. The number of rotatable bonds is 2. The Morgan fingerprint density at radius 2 is 2.08 bits per heavy atom. The van der Waals surface area contributed by atoms with E-state index in [4.69, 9.17) is 4.74 Å². The molecule has 1 rings (SSSR count). The minimum absolute atomic E-state index is 0.148. The Kier molecular flexibility index (Phi) is 3.53. The van der Waals surface area contributed by atoms with Gasteiger partial charge in [-0.3, -0.25) is 0 Å². The van der Waals surface area contributed by atoms with E-state index in [-0.39, 0.29) is 6.10 Å². The van der Waals surface area contributed by atoms with Crippen LogP contribution in [0.15, 0.2) is 0 Å². The van der Waals surface area contributed by atoms with Gasteiger partial charge in [0.1, 0.15) is 0 Å². The molecule has 0 amide bonds. The molecule has 1 aliphatic rings. The van der Waals surface area contributed by atoms with Crippen molar-refractivity contribution in [2.24, 2.45) is 11.8 Å². The standard InChI is InChI=1S/C10H20O2/c1-7-6-9(8(2)11)4-5-10(7)12-3/h7-11H,4-6H2,1-3H3/t7?,8?,9?,10-/m1/s1. The molecule has 0 aliphatic heterocycles. The smallest absolute Gasteiger partial charge is 0.0597 e. The summed E-state index contributed by atoms with van der Waals surface area (Å²) in [5.41, 5.74) is 0. The second-order valence-electron chi connectivity index (χ2n) is 4.07. The Morgan fingerprint density at radius 1 is 1.42 bits per heavy atom. The van der Waals surface area contributed by atoms with Gasteiger partial charge >= 0.3 is 0 Å². The van der Waals surface area contributed by atoms with Gasteiger partial charge in [-0.1, -0.05) is 6.92 Å². The highest BCUT2D eigenvalue weighted by atomic mass is 16.5. The lowest BCUT2D eigenvalue weighted by Gasteiger charge is -2.34. The van der Waals surface area contributed by atoms with Crippen molar-refractivity contribution in [3.8, 4) is 0 Å². The number of ether oxygens (including phenoxy) is 1. The van der Waals surface area contributed by atoms with Crippen molar-refractivity contribution in [2.45, 2.75) is 45.3 Å². The van der Waals surface area contributed by atoms with Crippen LogP contribution in [0.5, 0.6) is 0 Å². The molecule has 1 saturated carbocycles. The summed E-state index contributed by atoms with van der Waals surface area (Å²) in [6, 6.07) is 0. The van der Waals surface area contributed by atoms with E-state index in [9.17, 15) is 5.11 Å². The summed E-state index contributed by atoms with van der Waals surface area (Å²) in [4.78, 5) is 0. The van der Waals surface area contributed by atoms with E-state index in [0.29, 0.717) is 17.9 Å². The van der Waals surface area contributed by atoms with Gasteiger partial charge in [0.15, 0.2) is 0 Å². The zero-order valence-corrected chi connectivity index (χ0v) is 8.29. The Labute approximate surface area is 74.9 Å². The zero-order valence-electron chi connectivity index (χ0n) is 8.29. The van der Waals surface area contributed by atoms with Crippen LogP contribution in [0.2, 0.25) is 0 Å². The molecule has 0 saturated heterocycles. The Hall–Kier alpha value is -0.0800. The van der Waals surface area contributed by atoms with Gasteiger partial charge in [-0.05, 0) is 38.0 Å². The molecule has 3 unspecified atom stereocenters. The fraction of sp³-hybridized carbons (Fsp3) is 1.00. The predicted molar refractivity (Wildman–Crippen MR) is 49.0 cm³/mol. The molecule has 4 atom stereocenters. The van der Waals surface area contributed by atoms with E-state index in [1.165, 1.54) is 0 Å². The van der Waals surface area contributed by atoms with E-state index in [1.807, 2.05) is 6.92 Å². The second-order valence-corrected chi connectivity index (χ2v) is 4.07. The molecule has 0 heterocycles. The normalized spacial score (nSPS) is 39.5. The first-order valence-electron chi connectivity index (χ1n) is 4.86. The first-order valence-corrected chi connectivity index (χ1v) is 4.86. The van der Waals surface area contributed by atoms with Gasteiger partial charge in [0.2, 0.25) is 0 Å². The summed E-state index contributed by atoms with van der Waals surface area (Å²) in [7, 11) is 1.78. The molecule has 0 aromatic carbocycles. The Bertz CT molecular complexity index is 134. The number of hydrogen-bond acceptors (Lipinski definition) is 2. The van der Waals surface area contributed by atoms with Crippen molar-refractivity contribution in [1.29, 1.82) is 0 Å². The highest BCUT2D eigenvalue weighted by molar-refractivity contribution is 4.80. The average molecular weight is 172 g/mol. The average Bonchev–Trinajstić information content (AvgIpc) is 2.04. The molecule has 0 aromatic heterocycles. The van der Waals surface area contributed by atoms with Crippen LogP contribution in [0.1, 0.15) is 33.1 Å². The molecule has 1 aliphatic carbocycles. The third kappa shape index (κ3) is 2.20. The third-order valence-electron chi connectivity index (χ3n) is 3.12. The maximum atomic E-state index is 9.41. The molecule has 0 aromatic rings. The summed E-state index contributed by atoms with van der Waals surface area (Å²) in [6.45, 7) is 4.10. The minimum Gasteiger partial charge on any atom is -0.393 e. The van der Waals surface area contributed by atoms with E-state index >= 15 is 0 Å².